The molecule has 5 rings (SSSR count). The summed E-state index contributed by atoms with van der Waals surface area (Å²) in [6.45, 7) is 4.70. The Morgan fingerprint density at radius 2 is 1.97 bits per heavy atom. The molecule has 9 heteroatoms. The zero-order chi connectivity index (χ0) is 22.1. The fourth-order valence-corrected chi connectivity index (χ4v) is 4.61. The van der Waals surface area contributed by atoms with E-state index in [1.54, 1.807) is 4.90 Å². The molecule has 1 aromatic heterocycles. The van der Waals surface area contributed by atoms with Crippen molar-refractivity contribution < 1.29 is 14.4 Å². The van der Waals surface area contributed by atoms with Crippen molar-refractivity contribution in [3.63, 3.8) is 0 Å². The normalized spacial score (nSPS) is 20.9. The Kier molecular flexibility index (Phi) is 5.48. The molecule has 32 heavy (non-hydrogen) atoms. The molecule has 0 aliphatic carbocycles. The van der Waals surface area contributed by atoms with E-state index in [4.69, 9.17) is 0 Å². The van der Waals surface area contributed by atoms with Gasteiger partial charge in [0.25, 0.3) is 5.91 Å². The van der Waals surface area contributed by atoms with Crippen LogP contribution in [0.3, 0.4) is 0 Å². The van der Waals surface area contributed by atoms with E-state index in [9.17, 15) is 14.4 Å². The monoisotopic (exact) mass is 434 g/mol. The first-order chi connectivity index (χ1) is 15.6. The van der Waals surface area contributed by atoms with Gasteiger partial charge in [0.15, 0.2) is 0 Å². The molecule has 3 amide bonds. The first-order valence-corrected chi connectivity index (χ1v) is 11.0. The molecular formula is C23H26N6O3. The summed E-state index contributed by atoms with van der Waals surface area (Å²) in [6, 6.07) is 9.08. The molecule has 1 aromatic carbocycles. The second kappa shape index (κ2) is 8.58. The number of imide groups is 1. The van der Waals surface area contributed by atoms with E-state index in [0.29, 0.717) is 25.1 Å². The number of amides is 3. The van der Waals surface area contributed by atoms with Gasteiger partial charge in [0, 0.05) is 69.2 Å². The first kappa shape index (κ1) is 20.4. The van der Waals surface area contributed by atoms with Crippen LogP contribution in [0.15, 0.2) is 36.5 Å². The van der Waals surface area contributed by atoms with Crippen LogP contribution in [0.1, 0.15) is 34.3 Å². The van der Waals surface area contributed by atoms with Crippen molar-refractivity contribution in [3.8, 4) is 0 Å². The van der Waals surface area contributed by atoms with Crippen LogP contribution >= 0.6 is 0 Å². The maximum absolute atomic E-state index is 13.0. The second-order valence-corrected chi connectivity index (χ2v) is 8.34. The molecule has 3 aliphatic heterocycles. The van der Waals surface area contributed by atoms with E-state index in [1.165, 1.54) is 0 Å². The van der Waals surface area contributed by atoms with Crippen molar-refractivity contribution in [3.05, 3.63) is 53.2 Å². The summed E-state index contributed by atoms with van der Waals surface area (Å²) in [7, 11) is 0. The number of hydrogen-bond donors (Lipinski definition) is 3. The summed E-state index contributed by atoms with van der Waals surface area (Å²) in [5.41, 5.74) is 3.56. The summed E-state index contributed by atoms with van der Waals surface area (Å²) in [5.74, 6) is 0.132. The lowest BCUT2D eigenvalue weighted by Crippen LogP contribution is -2.52. The van der Waals surface area contributed by atoms with E-state index >= 15 is 0 Å². The van der Waals surface area contributed by atoms with E-state index < -0.39 is 6.04 Å². The number of aromatic nitrogens is 1. The van der Waals surface area contributed by atoms with Crippen molar-refractivity contribution in [1.82, 2.24) is 20.5 Å². The minimum atomic E-state index is -0.602. The van der Waals surface area contributed by atoms with E-state index in [-0.39, 0.29) is 24.1 Å². The molecule has 0 spiro atoms. The minimum absolute atomic E-state index is 0.152. The zero-order valence-corrected chi connectivity index (χ0v) is 17.8. The Bertz CT molecular complexity index is 1070. The zero-order valence-electron chi connectivity index (χ0n) is 17.8. The molecule has 1 atom stereocenters. The Morgan fingerprint density at radius 3 is 2.78 bits per heavy atom. The molecule has 2 aromatic rings. The smallest absolute Gasteiger partial charge is 0.255 e. The van der Waals surface area contributed by atoms with Gasteiger partial charge < -0.3 is 20.4 Å². The first-order valence-electron chi connectivity index (χ1n) is 11.0. The van der Waals surface area contributed by atoms with Crippen LogP contribution in [0, 0.1) is 0 Å². The molecule has 2 fully saturated rings. The lowest BCUT2D eigenvalue weighted by molar-refractivity contribution is -0.136. The van der Waals surface area contributed by atoms with Gasteiger partial charge in [-0.05, 0) is 29.7 Å². The average molecular weight is 435 g/mol. The Labute approximate surface area is 186 Å². The van der Waals surface area contributed by atoms with Gasteiger partial charge in [-0.1, -0.05) is 12.1 Å². The molecule has 0 saturated carbocycles. The standard InChI is InChI=1S/C23H26N6O3/c30-21-5-4-19(22(31)27-21)29-14-18-15(2-1-3-17(18)23(29)32)13-26-16-6-7-25-20(12-16)28-10-8-24-9-11-28/h1-3,6-7,12,19,24H,4-5,8-11,13-14H2,(H,25,26)(H,27,30,31). The van der Waals surface area contributed by atoms with Crippen molar-refractivity contribution in [2.75, 3.05) is 36.4 Å². The molecular weight excluding hydrogens is 408 g/mol. The molecule has 166 valence electrons. The van der Waals surface area contributed by atoms with Crippen LogP contribution in [-0.2, 0) is 22.7 Å². The van der Waals surface area contributed by atoms with Crippen LogP contribution in [0.5, 0.6) is 0 Å². The van der Waals surface area contributed by atoms with Crippen LogP contribution < -0.4 is 20.9 Å². The maximum atomic E-state index is 13.0. The van der Waals surface area contributed by atoms with Crippen molar-refractivity contribution in [2.45, 2.75) is 32.0 Å². The number of nitrogens with one attached hydrogen (secondary N) is 3. The number of benzene rings is 1. The number of nitrogens with zero attached hydrogens (tertiary/aromatic N) is 3. The predicted octanol–water partition coefficient (Wildman–Crippen LogP) is 0.864. The highest BCUT2D eigenvalue weighted by molar-refractivity contribution is 6.05. The summed E-state index contributed by atoms with van der Waals surface area (Å²) in [5, 5.41) is 9.15. The number of carbonyl (C=O) groups is 3. The average Bonchev–Trinajstić information content (AvgIpc) is 3.15. The third kappa shape index (κ3) is 3.91. The van der Waals surface area contributed by atoms with E-state index in [2.05, 4.69) is 31.9 Å². The molecule has 2 saturated heterocycles. The SMILES string of the molecule is O=C1CCC(N2Cc3c(CNc4ccnc(N5CCNCC5)c4)cccc3C2=O)C(=O)N1. The largest absolute Gasteiger partial charge is 0.381 e. The third-order valence-corrected chi connectivity index (χ3v) is 6.35. The Balaban J connectivity index is 1.30. The van der Waals surface area contributed by atoms with Crippen molar-refractivity contribution in [2.24, 2.45) is 0 Å². The highest BCUT2D eigenvalue weighted by atomic mass is 16.2. The number of anilines is 2. The van der Waals surface area contributed by atoms with E-state index in [1.807, 2.05) is 30.5 Å². The van der Waals surface area contributed by atoms with Gasteiger partial charge in [-0.15, -0.1) is 0 Å². The molecule has 4 heterocycles. The maximum Gasteiger partial charge on any atom is 0.255 e. The molecule has 0 bridgehead atoms. The van der Waals surface area contributed by atoms with Crippen molar-refractivity contribution in [1.29, 1.82) is 0 Å². The van der Waals surface area contributed by atoms with Gasteiger partial charge in [0.2, 0.25) is 11.8 Å². The molecule has 1 unspecified atom stereocenters. The lowest BCUT2D eigenvalue weighted by atomic mass is 10.0. The number of pyridine rings is 1. The number of piperazine rings is 1. The van der Waals surface area contributed by atoms with Gasteiger partial charge >= 0.3 is 0 Å². The Hall–Kier alpha value is -3.46. The molecule has 3 aliphatic rings. The highest BCUT2D eigenvalue weighted by Crippen LogP contribution is 2.30. The number of rotatable bonds is 5. The molecule has 9 nitrogen and oxygen atoms in total. The minimum Gasteiger partial charge on any atom is -0.381 e. The summed E-state index contributed by atoms with van der Waals surface area (Å²) in [6.07, 6.45) is 2.43. The quantitative estimate of drug-likeness (QED) is 0.600. The van der Waals surface area contributed by atoms with Gasteiger partial charge in [-0.25, -0.2) is 4.98 Å². The fourth-order valence-electron chi connectivity index (χ4n) is 4.61. The molecule has 3 N–H and O–H groups in total. The van der Waals surface area contributed by atoms with Crippen LogP contribution in [0.4, 0.5) is 11.5 Å². The van der Waals surface area contributed by atoms with Gasteiger partial charge in [0.1, 0.15) is 11.9 Å². The summed E-state index contributed by atoms with van der Waals surface area (Å²) >= 11 is 0. The number of fused-ring (bicyclic) bond motifs is 1. The Morgan fingerprint density at radius 1 is 1.12 bits per heavy atom. The van der Waals surface area contributed by atoms with Gasteiger partial charge in [0.05, 0.1) is 0 Å². The fraction of sp³-hybridized carbons (Fsp3) is 0.391. The topological polar surface area (TPSA) is 107 Å². The number of carbonyl (C=O) groups excluding carboxylic acids is 3. The number of hydrogen-bond acceptors (Lipinski definition) is 7. The van der Waals surface area contributed by atoms with Crippen LogP contribution in [0.2, 0.25) is 0 Å². The predicted molar refractivity (Wildman–Crippen MR) is 119 cm³/mol. The summed E-state index contributed by atoms with van der Waals surface area (Å²) < 4.78 is 0. The van der Waals surface area contributed by atoms with Crippen LogP contribution in [-0.4, -0.2) is 59.8 Å². The van der Waals surface area contributed by atoms with Crippen molar-refractivity contribution >= 4 is 29.2 Å². The second-order valence-electron chi connectivity index (χ2n) is 8.34. The van der Waals surface area contributed by atoms with Gasteiger partial charge in [-0.2, -0.15) is 0 Å². The lowest BCUT2D eigenvalue weighted by Gasteiger charge is -2.29. The highest BCUT2D eigenvalue weighted by Gasteiger charge is 2.39. The molecule has 0 radical (unpaired) electrons. The number of piperidine rings is 1. The van der Waals surface area contributed by atoms with E-state index in [0.717, 1.165) is 48.8 Å². The van der Waals surface area contributed by atoms with Crippen LogP contribution in [0.25, 0.3) is 0 Å². The third-order valence-electron chi connectivity index (χ3n) is 6.35. The summed E-state index contributed by atoms with van der Waals surface area (Å²) in [4.78, 5) is 45.1. The van der Waals surface area contributed by atoms with Gasteiger partial charge in [-0.3, -0.25) is 19.7 Å².